The lowest BCUT2D eigenvalue weighted by atomic mass is 10.0. The van der Waals surface area contributed by atoms with E-state index in [1.165, 1.54) is 12.8 Å². The van der Waals surface area contributed by atoms with E-state index < -0.39 is 11.9 Å². The second-order valence-corrected chi connectivity index (χ2v) is 10.8. The average molecular weight is 513 g/mol. The number of amides is 3. The number of anilines is 1. The molecule has 2 fully saturated rings. The van der Waals surface area contributed by atoms with Crippen molar-refractivity contribution in [3.05, 3.63) is 53.2 Å². The van der Waals surface area contributed by atoms with Gasteiger partial charge in [-0.3, -0.25) is 29.6 Å². The number of hydrogen-bond acceptors (Lipinski definition) is 7. The Labute approximate surface area is 221 Å². The van der Waals surface area contributed by atoms with Gasteiger partial charge in [0.1, 0.15) is 11.6 Å². The monoisotopic (exact) mass is 512 g/mol. The summed E-state index contributed by atoms with van der Waals surface area (Å²) in [4.78, 5) is 51.0. The summed E-state index contributed by atoms with van der Waals surface area (Å²) in [6.07, 6.45) is 4.86. The zero-order chi connectivity index (χ0) is 26.4. The molecular formula is C29H32N6O3. The molecule has 1 atom stereocenters. The van der Waals surface area contributed by atoms with Crippen molar-refractivity contribution in [2.45, 2.75) is 64.7 Å². The van der Waals surface area contributed by atoms with Crippen LogP contribution in [0.25, 0.3) is 22.3 Å². The predicted octanol–water partition coefficient (Wildman–Crippen LogP) is 3.47. The molecule has 2 N–H and O–H groups in total. The average Bonchev–Trinajstić information content (AvgIpc) is 3.51. The first-order chi connectivity index (χ1) is 18.4. The molecule has 3 aliphatic rings. The summed E-state index contributed by atoms with van der Waals surface area (Å²) in [6, 6.07) is 9.50. The van der Waals surface area contributed by atoms with Crippen LogP contribution in [-0.2, 0) is 22.7 Å². The van der Waals surface area contributed by atoms with E-state index in [0.29, 0.717) is 18.5 Å². The fraction of sp³-hybridized carbons (Fsp3) is 0.414. The van der Waals surface area contributed by atoms with Gasteiger partial charge in [-0.15, -0.1) is 0 Å². The fourth-order valence-corrected chi connectivity index (χ4v) is 5.80. The van der Waals surface area contributed by atoms with Gasteiger partial charge in [0.15, 0.2) is 0 Å². The third-order valence-corrected chi connectivity index (χ3v) is 7.63. The molecule has 3 amide bonds. The highest BCUT2D eigenvalue weighted by Crippen LogP contribution is 2.33. The summed E-state index contributed by atoms with van der Waals surface area (Å²) in [7, 11) is 0. The van der Waals surface area contributed by atoms with Crippen LogP contribution >= 0.6 is 0 Å². The summed E-state index contributed by atoms with van der Waals surface area (Å²) in [6.45, 7) is 7.53. The molecule has 3 aromatic rings. The van der Waals surface area contributed by atoms with Crippen LogP contribution < -0.4 is 10.6 Å². The van der Waals surface area contributed by atoms with E-state index in [1.807, 2.05) is 30.5 Å². The maximum Gasteiger partial charge on any atom is 0.255 e. The molecule has 9 heteroatoms. The van der Waals surface area contributed by atoms with E-state index >= 15 is 0 Å². The molecule has 5 heterocycles. The molecule has 1 aromatic carbocycles. The molecule has 0 bridgehead atoms. The summed E-state index contributed by atoms with van der Waals surface area (Å²) in [5.74, 6) is -0.858. The van der Waals surface area contributed by atoms with Crippen molar-refractivity contribution in [2.75, 3.05) is 18.4 Å². The minimum absolute atomic E-state index is 0.171. The van der Waals surface area contributed by atoms with Crippen LogP contribution in [0.3, 0.4) is 0 Å². The van der Waals surface area contributed by atoms with Crippen molar-refractivity contribution in [3.63, 3.8) is 0 Å². The Balaban J connectivity index is 1.38. The number of hydrogen-bond donors (Lipinski definition) is 2. The molecule has 0 spiro atoms. The van der Waals surface area contributed by atoms with Gasteiger partial charge in [-0.25, -0.2) is 4.98 Å². The third-order valence-electron chi connectivity index (χ3n) is 7.63. The molecule has 9 nitrogen and oxygen atoms in total. The largest absolute Gasteiger partial charge is 0.381 e. The zero-order valence-corrected chi connectivity index (χ0v) is 21.8. The van der Waals surface area contributed by atoms with Crippen LogP contribution in [0.1, 0.15) is 61.0 Å². The molecule has 0 saturated carbocycles. The van der Waals surface area contributed by atoms with E-state index in [9.17, 15) is 14.4 Å². The normalized spacial score (nSPS) is 19.9. The summed E-state index contributed by atoms with van der Waals surface area (Å²) in [5.41, 5.74) is 7.07. The first kappa shape index (κ1) is 24.5. The van der Waals surface area contributed by atoms with Crippen LogP contribution in [0.4, 0.5) is 5.69 Å². The first-order valence-corrected chi connectivity index (χ1v) is 13.4. The van der Waals surface area contributed by atoms with Crippen molar-refractivity contribution >= 4 is 34.4 Å². The van der Waals surface area contributed by atoms with E-state index in [4.69, 9.17) is 9.97 Å². The number of fused-ring (bicyclic) bond motifs is 2. The summed E-state index contributed by atoms with van der Waals surface area (Å²) in [5, 5.41) is 5.88. The lowest BCUT2D eigenvalue weighted by molar-refractivity contribution is -0.136. The number of likely N-dealkylation sites (tertiary alicyclic amines) is 1. The highest BCUT2D eigenvalue weighted by atomic mass is 16.2. The van der Waals surface area contributed by atoms with Crippen LogP contribution in [0.2, 0.25) is 0 Å². The standard InChI is InChI=1S/C29H32N6O3/c1-17(2)31-22-9-10-30-26-20(15-34-11-3-4-12-34)14-23(32-27(22)26)18-5-6-21-19(13-18)16-35(29(21)38)24-7-8-25(36)33-28(24)37/h5-6,9-10,13-14,17,24H,3-4,7-8,11-12,15-16H2,1-2H3,(H,30,31)(H,33,36,37). The van der Waals surface area contributed by atoms with Gasteiger partial charge in [0, 0.05) is 42.9 Å². The maximum absolute atomic E-state index is 13.2. The van der Waals surface area contributed by atoms with Crippen molar-refractivity contribution in [3.8, 4) is 11.3 Å². The van der Waals surface area contributed by atoms with Crippen LogP contribution in [0.15, 0.2) is 36.5 Å². The topological polar surface area (TPSA) is 108 Å². The Morgan fingerprint density at radius 3 is 2.66 bits per heavy atom. The molecule has 38 heavy (non-hydrogen) atoms. The molecule has 0 radical (unpaired) electrons. The molecule has 2 saturated heterocycles. The lowest BCUT2D eigenvalue weighted by Crippen LogP contribution is -2.52. The van der Waals surface area contributed by atoms with Crippen molar-refractivity contribution in [1.29, 1.82) is 0 Å². The second kappa shape index (κ2) is 9.79. The molecule has 0 aliphatic carbocycles. The zero-order valence-electron chi connectivity index (χ0n) is 21.8. The van der Waals surface area contributed by atoms with Crippen molar-refractivity contribution < 1.29 is 14.4 Å². The smallest absolute Gasteiger partial charge is 0.255 e. The number of nitrogens with zero attached hydrogens (tertiary/aromatic N) is 4. The molecule has 2 aromatic heterocycles. The van der Waals surface area contributed by atoms with Crippen LogP contribution in [0, 0.1) is 0 Å². The number of imide groups is 1. The highest BCUT2D eigenvalue weighted by molar-refractivity contribution is 6.05. The van der Waals surface area contributed by atoms with E-state index in [-0.39, 0.29) is 24.3 Å². The number of pyridine rings is 2. The Kier molecular flexibility index (Phi) is 6.31. The second-order valence-electron chi connectivity index (χ2n) is 10.8. The number of piperidine rings is 1. The van der Waals surface area contributed by atoms with Gasteiger partial charge >= 0.3 is 0 Å². The highest BCUT2D eigenvalue weighted by Gasteiger charge is 2.39. The van der Waals surface area contributed by atoms with Gasteiger partial charge in [-0.05, 0) is 81.6 Å². The van der Waals surface area contributed by atoms with Gasteiger partial charge in [-0.1, -0.05) is 6.07 Å². The fourth-order valence-electron chi connectivity index (χ4n) is 5.80. The van der Waals surface area contributed by atoms with Crippen molar-refractivity contribution in [1.82, 2.24) is 25.1 Å². The quantitative estimate of drug-likeness (QED) is 0.487. The number of nitrogens with one attached hydrogen (secondary N) is 2. The van der Waals surface area contributed by atoms with Crippen molar-refractivity contribution in [2.24, 2.45) is 0 Å². The van der Waals surface area contributed by atoms with Crippen LogP contribution in [-0.4, -0.2) is 62.7 Å². The number of benzene rings is 1. The Morgan fingerprint density at radius 2 is 1.89 bits per heavy atom. The predicted molar refractivity (Wildman–Crippen MR) is 144 cm³/mol. The molecule has 6 rings (SSSR count). The summed E-state index contributed by atoms with van der Waals surface area (Å²) >= 11 is 0. The number of carbonyl (C=O) groups excluding carboxylic acids is 3. The Bertz CT molecular complexity index is 1450. The number of carbonyl (C=O) groups is 3. The van der Waals surface area contributed by atoms with Gasteiger partial charge in [0.2, 0.25) is 11.8 Å². The molecule has 1 unspecified atom stereocenters. The third kappa shape index (κ3) is 4.51. The maximum atomic E-state index is 13.2. The first-order valence-electron chi connectivity index (χ1n) is 13.4. The molecular weight excluding hydrogens is 480 g/mol. The van der Waals surface area contributed by atoms with E-state index in [1.54, 1.807) is 4.90 Å². The van der Waals surface area contributed by atoms with E-state index in [2.05, 4.69) is 35.4 Å². The number of aromatic nitrogens is 2. The van der Waals surface area contributed by atoms with E-state index in [0.717, 1.165) is 58.7 Å². The molecule has 3 aliphatic heterocycles. The lowest BCUT2D eigenvalue weighted by Gasteiger charge is -2.29. The number of rotatable bonds is 6. The SMILES string of the molecule is CC(C)Nc1ccnc2c(CN3CCCC3)cc(-c3ccc4c(c3)CN(C3CCC(=O)NC3=O)C4=O)nc12. The minimum atomic E-state index is -0.627. The van der Waals surface area contributed by atoms with Gasteiger partial charge < -0.3 is 10.2 Å². The van der Waals surface area contributed by atoms with Crippen LogP contribution in [0.5, 0.6) is 0 Å². The van der Waals surface area contributed by atoms with Gasteiger partial charge in [0.05, 0.1) is 16.9 Å². The summed E-state index contributed by atoms with van der Waals surface area (Å²) < 4.78 is 0. The Morgan fingerprint density at radius 1 is 1.08 bits per heavy atom. The van der Waals surface area contributed by atoms with Gasteiger partial charge in [-0.2, -0.15) is 0 Å². The van der Waals surface area contributed by atoms with Gasteiger partial charge in [0.25, 0.3) is 5.91 Å². The molecule has 196 valence electrons. The Hall–Kier alpha value is -3.85. The minimum Gasteiger partial charge on any atom is -0.381 e.